The third-order valence-electron chi connectivity index (χ3n) is 4.17. The van der Waals surface area contributed by atoms with Gasteiger partial charge in [-0.25, -0.2) is 5.48 Å². The van der Waals surface area contributed by atoms with Crippen molar-refractivity contribution in [3.63, 3.8) is 0 Å². The molecular weight excluding hydrogens is 390 g/mol. The number of aromatic nitrogens is 2. The van der Waals surface area contributed by atoms with Crippen LogP contribution in [0.2, 0.25) is 0 Å². The smallest absolute Gasteiger partial charge is 0.275 e. The highest BCUT2D eigenvalue weighted by Crippen LogP contribution is 2.21. The summed E-state index contributed by atoms with van der Waals surface area (Å²) in [7, 11) is 1.46. The number of ether oxygens (including phenoxy) is 1. The van der Waals surface area contributed by atoms with Gasteiger partial charge in [-0.05, 0) is 29.8 Å². The van der Waals surface area contributed by atoms with Gasteiger partial charge in [-0.3, -0.25) is 24.7 Å². The predicted octanol–water partition coefficient (Wildman–Crippen LogP) is 1.97. The average molecular weight is 409 g/mol. The van der Waals surface area contributed by atoms with E-state index >= 15 is 0 Å². The molecule has 154 valence electrons. The Morgan fingerprint density at radius 2 is 1.77 bits per heavy atom. The van der Waals surface area contributed by atoms with Crippen molar-refractivity contribution in [3.05, 3.63) is 71.5 Å². The number of hydrogen-bond donors (Lipinski definition) is 5. The van der Waals surface area contributed by atoms with Crippen molar-refractivity contribution >= 4 is 29.1 Å². The van der Waals surface area contributed by atoms with E-state index in [4.69, 9.17) is 9.94 Å². The summed E-state index contributed by atoms with van der Waals surface area (Å²) in [6.07, 6.45) is 1.34. The fourth-order valence-corrected chi connectivity index (χ4v) is 2.70. The number of aromatic amines is 1. The third kappa shape index (κ3) is 4.80. The lowest BCUT2D eigenvalue weighted by atomic mass is 10.1. The number of rotatable bonds is 7. The van der Waals surface area contributed by atoms with Crippen LogP contribution in [-0.2, 0) is 11.2 Å². The molecule has 0 saturated carbocycles. The number of hydrogen-bond acceptors (Lipinski definition) is 6. The second-order valence-electron chi connectivity index (χ2n) is 6.18. The minimum atomic E-state index is -0.542. The average Bonchev–Trinajstić information content (AvgIpc) is 3.23. The molecule has 0 unspecified atom stereocenters. The minimum absolute atomic E-state index is 0.00437. The highest BCUT2D eigenvalue weighted by molar-refractivity contribution is 6.12. The molecule has 0 aliphatic rings. The number of para-hydroxylation sites is 1. The molecule has 0 saturated heterocycles. The fraction of sp³-hybridized carbons (Fsp3) is 0.100. The lowest BCUT2D eigenvalue weighted by Crippen LogP contribution is -2.20. The quantitative estimate of drug-likeness (QED) is 0.298. The van der Waals surface area contributed by atoms with Crippen LogP contribution in [0, 0.1) is 0 Å². The largest absolute Gasteiger partial charge is 0.496 e. The number of H-pyrrole nitrogens is 1. The normalized spacial score (nSPS) is 10.2. The van der Waals surface area contributed by atoms with E-state index in [-0.39, 0.29) is 17.8 Å². The van der Waals surface area contributed by atoms with E-state index < -0.39 is 17.7 Å². The zero-order valence-corrected chi connectivity index (χ0v) is 15.9. The summed E-state index contributed by atoms with van der Waals surface area (Å²) in [5.41, 5.74) is 3.29. The van der Waals surface area contributed by atoms with Gasteiger partial charge >= 0.3 is 0 Å². The Balaban J connectivity index is 1.69. The van der Waals surface area contributed by atoms with Crippen LogP contribution in [0.3, 0.4) is 0 Å². The number of carbonyl (C=O) groups excluding carboxylic acids is 3. The number of anilines is 2. The van der Waals surface area contributed by atoms with E-state index in [2.05, 4.69) is 20.8 Å². The number of benzene rings is 2. The van der Waals surface area contributed by atoms with Gasteiger partial charge in [0.15, 0.2) is 0 Å². The minimum Gasteiger partial charge on any atom is -0.496 e. The molecular formula is C20H19N5O5. The van der Waals surface area contributed by atoms with Gasteiger partial charge in [0.05, 0.1) is 31.0 Å². The summed E-state index contributed by atoms with van der Waals surface area (Å²) < 4.78 is 5.18. The van der Waals surface area contributed by atoms with Crippen LogP contribution in [0.4, 0.5) is 11.4 Å². The maximum absolute atomic E-state index is 12.6. The number of methoxy groups -OCH3 is 1. The Morgan fingerprint density at radius 1 is 1.03 bits per heavy atom. The van der Waals surface area contributed by atoms with Gasteiger partial charge in [-0.1, -0.05) is 24.3 Å². The Hall–Kier alpha value is -4.18. The molecule has 0 radical (unpaired) electrons. The van der Waals surface area contributed by atoms with E-state index in [0.29, 0.717) is 22.6 Å². The SMILES string of the molecule is COc1ccccc1C(=O)Nc1cn[nH]c1C(=O)Nc1ccc(CC(=O)NO)cc1. The van der Waals surface area contributed by atoms with Crippen molar-refractivity contribution in [2.45, 2.75) is 6.42 Å². The van der Waals surface area contributed by atoms with E-state index in [0.717, 1.165) is 0 Å². The Labute approximate surface area is 171 Å². The Bertz CT molecular complexity index is 1060. The van der Waals surface area contributed by atoms with Gasteiger partial charge in [0, 0.05) is 5.69 Å². The van der Waals surface area contributed by atoms with Crippen molar-refractivity contribution in [1.29, 1.82) is 0 Å². The Morgan fingerprint density at radius 3 is 2.47 bits per heavy atom. The van der Waals surface area contributed by atoms with Gasteiger partial charge < -0.3 is 15.4 Å². The van der Waals surface area contributed by atoms with Crippen molar-refractivity contribution in [2.24, 2.45) is 0 Å². The second-order valence-corrected chi connectivity index (χ2v) is 6.18. The van der Waals surface area contributed by atoms with Crippen LogP contribution < -0.4 is 20.9 Å². The highest BCUT2D eigenvalue weighted by Gasteiger charge is 2.18. The first-order chi connectivity index (χ1) is 14.5. The first kappa shape index (κ1) is 20.6. The molecule has 0 aliphatic heterocycles. The number of nitrogens with zero attached hydrogens (tertiary/aromatic N) is 1. The molecule has 5 N–H and O–H groups in total. The van der Waals surface area contributed by atoms with Crippen molar-refractivity contribution in [1.82, 2.24) is 15.7 Å². The molecule has 3 amide bonds. The van der Waals surface area contributed by atoms with Crippen LogP contribution in [0.1, 0.15) is 26.4 Å². The molecule has 10 heteroatoms. The molecule has 3 rings (SSSR count). The summed E-state index contributed by atoms with van der Waals surface area (Å²) in [6, 6.07) is 13.2. The summed E-state index contributed by atoms with van der Waals surface area (Å²) in [4.78, 5) is 36.3. The van der Waals surface area contributed by atoms with Gasteiger partial charge in [-0.2, -0.15) is 5.10 Å². The van der Waals surface area contributed by atoms with E-state index in [1.165, 1.54) is 13.3 Å². The highest BCUT2D eigenvalue weighted by atomic mass is 16.5. The first-order valence-electron chi connectivity index (χ1n) is 8.82. The first-order valence-corrected chi connectivity index (χ1v) is 8.82. The molecule has 1 aromatic heterocycles. The standard InChI is InChI=1S/C20H19N5O5/c1-30-16-5-3-2-4-14(16)19(27)23-15-11-21-24-18(15)20(28)22-13-8-6-12(7-9-13)10-17(26)25-29/h2-9,11,29H,10H2,1H3,(H,21,24)(H,22,28)(H,23,27)(H,25,26). The number of hydroxylamine groups is 1. The molecule has 0 spiro atoms. The number of nitrogens with one attached hydrogen (secondary N) is 4. The summed E-state index contributed by atoms with van der Waals surface area (Å²) >= 11 is 0. The molecule has 1 heterocycles. The van der Waals surface area contributed by atoms with Crippen LogP contribution in [0.25, 0.3) is 0 Å². The van der Waals surface area contributed by atoms with Gasteiger partial charge in [0.1, 0.15) is 11.4 Å². The third-order valence-corrected chi connectivity index (χ3v) is 4.17. The number of amides is 3. The molecule has 0 aliphatic carbocycles. The maximum atomic E-state index is 12.6. The topological polar surface area (TPSA) is 145 Å². The second kappa shape index (κ2) is 9.34. The lowest BCUT2D eigenvalue weighted by molar-refractivity contribution is -0.128. The molecule has 0 atom stereocenters. The van der Waals surface area contributed by atoms with Crippen LogP contribution in [0.5, 0.6) is 5.75 Å². The van der Waals surface area contributed by atoms with Crippen LogP contribution >= 0.6 is 0 Å². The fourth-order valence-electron chi connectivity index (χ4n) is 2.70. The zero-order valence-electron chi connectivity index (χ0n) is 15.9. The van der Waals surface area contributed by atoms with E-state index in [1.807, 2.05) is 0 Å². The zero-order chi connectivity index (χ0) is 21.5. The molecule has 30 heavy (non-hydrogen) atoms. The van der Waals surface area contributed by atoms with Crippen LogP contribution in [0.15, 0.2) is 54.7 Å². The van der Waals surface area contributed by atoms with E-state index in [1.54, 1.807) is 54.0 Å². The molecule has 2 aromatic carbocycles. The molecule has 0 bridgehead atoms. The van der Waals surface area contributed by atoms with Crippen molar-refractivity contribution in [3.8, 4) is 5.75 Å². The van der Waals surface area contributed by atoms with E-state index in [9.17, 15) is 14.4 Å². The Kier molecular flexibility index (Phi) is 6.40. The molecule has 10 nitrogen and oxygen atoms in total. The summed E-state index contributed by atoms with van der Waals surface area (Å²) in [5.74, 6) is -1.10. The monoisotopic (exact) mass is 409 g/mol. The van der Waals surface area contributed by atoms with Crippen molar-refractivity contribution < 1.29 is 24.3 Å². The van der Waals surface area contributed by atoms with Crippen molar-refractivity contribution in [2.75, 3.05) is 17.7 Å². The lowest BCUT2D eigenvalue weighted by Gasteiger charge is -2.10. The van der Waals surface area contributed by atoms with Gasteiger partial charge in [0.2, 0.25) is 5.91 Å². The predicted molar refractivity (Wildman–Crippen MR) is 108 cm³/mol. The maximum Gasteiger partial charge on any atom is 0.275 e. The summed E-state index contributed by atoms with van der Waals surface area (Å²) in [5, 5.41) is 20.3. The van der Waals surface area contributed by atoms with Gasteiger partial charge in [-0.15, -0.1) is 0 Å². The van der Waals surface area contributed by atoms with Gasteiger partial charge in [0.25, 0.3) is 11.8 Å². The van der Waals surface area contributed by atoms with Crippen LogP contribution in [-0.4, -0.2) is 40.2 Å². The molecule has 0 fully saturated rings. The number of carbonyl (C=O) groups is 3. The summed E-state index contributed by atoms with van der Waals surface area (Å²) in [6.45, 7) is 0. The molecule has 3 aromatic rings.